The highest BCUT2D eigenvalue weighted by molar-refractivity contribution is 7.80. The van der Waals surface area contributed by atoms with E-state index in [1.807, 2.05) is 38.1 Å². The molecule has 1 aromatic heterocycles. The predicted molar refractivity (Wildman–Crippen MR) is 85.7 cm³/mol. The van der Waals surface area contributed by atoms with E-state index in [0.717, 1.165) is 28.1 Å². The minimum atomic E-state index is 0.0192. The summed E-state index contributed by atoms with van der Waals surface area (Å²) < 4.78 is 5.66. The first-order valence-corrected chi connectivity index (χ1v) is 7.10. The molecular formula is C15H16N4OS. The molecule has 1 unspecified atom stereocenters. The molecule has 0 saturated carbocycles. The number of fused-ring (bicyclic) bond motifs is 1. The molecule has 0 amide bonds. The van der Waals surface area contributed by atoms with Crippen molar-refractivity contribution in [1.82, 2.24) is 10.2 Å². The summed E-state index contributed by atoms with van der Waals surface area (Å²) in [6, 6.07) is 7.96. The SMILES string of the molecule is Cc1nnc(NC2COc3ccccc32)c(C(N)=S)c1C. The molecule has 3 rings (SSSR count). The zero-order valence-corrected chi connectivity index (χ0v) is 12.7. The van der Waals surface area contributed by atoms with Gasteiger partial charge in [-0.05, 0) is 25.5 Å². The van der Waals surface area contributed by atoms with Crippen LogP contribution in [0.1, 0.15) is 28.4 Å². The van der Waals surface area contributed by atoms with Crippen LogP contribution in [0.15, 0.2) is 24.3 Å². The lowest BCUT2D eigenvalue weighted by Crippen LogP contribution is -2.21. The number of nitrogens with one attached hydrogen (secondary N) is 1. The maximum Gasteiger partial charge on any atom is 0.159 e. The number of aromatic nitrogens is 2. The topological polar surface area (TPSA) is 73.1 Å². The molecule has 0 spiro atoms. The van der Waals surface area contributed by atoms with Crippen LogP contribution < -0.4 is 15.8 Å². The zero-order valence-electron chi connectivity index (χ0n) is 11.9. The zero-order chi connectivity index (χ0) is 15.0. The van der Waals surface area contributed by atoms with Gasteiger partial charge in [-0.2, -0.15) is 5.10 Å². The summed E-state index contributed by atoms with van der Waals surface area (Å²) in [5, 5.41) is 11.7. The second-order valence-corrected chi connectivity index (χ2v) is 5.48. The summed E-state index contributed by atoms with van der Waals surface area (Å²) in [5.74, 6) is 1.50. The Balaban J connectivity index is 1.97. The largest absolute Gasteiger partial charge is 0.491 e. The van der Waals surface area contributed by atoms with E-state index in [2.05, 4.69) is 15.5 Å². The Hall–Kier alpha value is -2.21. The van der Waals surface area contributed by atoms with E-state index in [0.29, 0.717) is 17.4 Å². The summed E-state index contributed by atoms with van der Waals surface area (Å²) in [6.45, 7) is 4.38. The maximum atomic E-state index is 5.85. The summed E-state index contributed by atoms with van der Waals surface area (Å²) in [6.07, 6.45) is 0. The Kier molecular flexibility index (Phi) is 3.47. The summed E-state index contributed by atoms with van der Waals surface area (Å²) >= 11 is 5.15. The van der Waals surface area contributed by atoms with Crippen molar-refractivity contribution in [3.05, 3.63) is 46.6 Å². The highest BCUT2D eigenvalue weighted by Gasteiger charge is 2.25. The van der Waals surface area contributed by atoms with Crippen LogP contribution >= 0.6 is 12.2 Å². The molecule has 1 aliphatic heterocycles. The van der Waals surface area contributed by atoms with Gasteiger partial charge in [-0.25, -0.2) is 0 Å². The molecule has 0 radical (unpaired) electrons. The van der Waals surface area contributed by atoms with Gasteiger partial charge in [-0.15, -0.1) is 5.10 Å². The van der Waals surface area contributed by atoms with E-state index >= 15 is 0 Å². The van der Waals surface area contributed by atoms with Crippen molar-refractivity contribution in [2.45, 2.75) is 19.9 Å². The first-order valence-electron chi connectivity index (χ1n) is 6.70. The Bertz CT molecular complexity index is 717. The Labute approximate surface area is 128 Å². The van der Waals surface area contributed by atoms with Gasteiger partial charge in [0.15, 0.2) is 5.82 Å². The van der Waals surface area contributed by atoms with Crippen molar-refractivity contribution in [3.8, 4) is 5.75 Å². The molecule has 0 fully saturated rings. The standard InChI is InChI=1S/C15H16N4OS/c1-8-9(2)18-19-15(13(8)14(16)21)17-11-7-20-12-6-4-3-5-10(11)12/h3-6,11H,7H2,1-2H3,(H2,16,21)(H,17,19). The lowest BCUT2D eigenvalue weighted by Gasteiger charge is -2.17. The Morgan fingerprint density at radius 2 is 2.10 bits per heavy atom. The summed E-state index contributed by atoms with van der Waals surface area (Å²) in [7, 11) is 0. The Morgan fingerprint density at radius 3 is 2.86 bits per heavy atom. The number of ether oxygens (including phenoxy) is 1. The van der Waals surface area contributed by atoms with E-state index in [1.165, 1.54) is 0 Å². The number of hydrogen-bond donors (Lipinski definition) is 2. The van der Waals surface area contributed by atoms with Gasteiger partial charge in [0.1, 0.15) is 17.3 Å². The molecule has 0 saturated heterocycles. The number of nitrogens with zero attached hydrogens (tertiary/aromatic N) is 2. The molecule has 0 aliphatic carbocycles. The van der Waals surface area contributed by atoms with E-state index in [9.17, 15) is 0 Å². The Morgan fingerprint density at radius 1 is 1.33 bits per heavy atom. The second kappa shape index (κ2) is 5.29. The third kappa shape index (κ3) is 2.42. The van der Waals surface area contributed by atoms with Crippen LogP contribution in [0.2, 0.25) is 0 Å². The van der Waals surface area contributed by atoms with Crippen LogP contribution in [0.25, 0.3) is 0 Å². The van der Waals surface area contributed by atoms with Gasteiger partial charge >= 0.3 is 0 Å². The van der Waals surface area contributed by atoms with Crippen LogP contribution in [0.5, 0.6) is 5.75 Å². The van der Waals surface area contributed by atoms with Crippen molar-refractivity contribution < 1.29 is 4.74 Å². The normalized spacial score (nSPS) is 16.2. The van der Waals surface area contributed by atoms with Gasteiger partial charge in [0.05, 0.1) is 17.3 Å². The highest BCUT2D eigenvalue weighted by atomic mass is 32.1. The molecule has 0 bridgehead atoms. The van der Waals surface area contributed by atoms with Crippen molar-refractivity contribution in [2.75, 3.05) is 11.9 Å². The average Bonchev–Trinajstić information content (AvgIpc) is 2.86. The monoisotopic (exact) mass is 300 g/mol. The van der Waals surface area contributed by atoms with Crippen molar-refractivity contribution in [1.29, 1.82) is 0 Å². The minimum absolute atomic E-state index is 0.0192. The van der Waals surface area contributed by atoms with Crippen LogP contribution in [0, 0.1) is 13.8 Å². The number of para-hydroxylation sites is 1. The van der Waals surface area contributed by atoms with E-state index in [1.54, 1.807) is 0 Å². The fraction of sp³-hybridized carbons (Fsp3) is 0.267. The third-order valence-corrected chi connectivity index (χ3v) is 3.92. The predicted octanol–water partition coefficient (Wildman–Crippen LogP) is 2.27. The fourth-order valence-electron chi connectivity index (χ4n) is 2.46. The number of thiocarbonyl (C=S) groups is 1. The van der Waals surface area contributed by atoms with Crippen LogP contribution in [0.3, 0.4) is 0 Å². The molecule has 5 nitrogen and oxygen atoms in total. The van der Waals surface area contributed by atoms with E-state index in [-0.39, 0.29) is 6.04 Å². The molecule has 2 aromatic rings. The van der Waals surface area contributed by atoms with E-state index < -0.39 is 0 Å². The summed E-state index contributed by atoms with van der Waals surface area (Å²) in [5.41, 5.74) is 9.48. The average molecular weight is 300 g/mol. The molecule has 6 heteroatoms. The number of aryl methyl sites for hydroxylation is 1. The molecule has 1 atom stereocenters. The van der Waals surface area contributed by atoms with Crippen LogP contribution in [-0.4, -0.2) is 21.8 Å². The van der Waals surface area contributed by atoms with Gasteiger partial charge in [0, 0.05) is 5.56 Å². The third-order valence-electron chi connectivity index (χ3n) is 3.71. The molecular weight excluding hydrogens is 284 g/mol. The number of hydrogen-bond acceptors (Lipinski definition) is 5. The second-order valence-electron chi connectivity index (χ2n) is 5.04. The highest BCUT2D eigenvalue weighted by Crippen LogP contribution is 2.34. The minimum Gasteiger partial charge on any atom is -0.491 e. The number of anilines is 1. The lowest BCUT2D eigenvalue weighted by molar-refractivity contribution is 0.339. The number of benzene rings is 1. The van der Waals surface area contributed by atoms with Crippen molar-refractivity contribution in [2.24, 2.45) is 5.73 Å². The van der Waals surface area contributed by atoms with Gasteiger partial charge in [0.25, 0.3) is 0 Å². The van der Waals surface area contributed by atoms with Gasteiger partial charge in [-0.1, -0.05) is 30.4 Å². The molecule has 1 aromatic carbocycles. The van der Waals surface area contributed by atoms with Crippen molar-refractivity contribution >= 4 is 23.0 Å². The van der Waals surface area contributed by atoms with Gasteiger partial charge < -0.3 is 15.8 Å². The fourth-order valence-corrected chi connectivity index (χ4v) is 2.71. The lowest BCUT2D eigenvalue weighted by atomic mass is 10.1. The van der Waals surface area contributed by atoms with Crippen LogP contribution in [0.4, 0.5) is 5.82 Å². The number of rotatable bonds is 3. The summed E-state index contributed by atoms with van der Waals surface area (Å²) in [4.78, 5) is 0.320. The van der Waals surface area contributed by atoms with Gasteiger partial charge in [-0.3, -0.25) is 0 Å². The quantitative estimate of drug-likeness (QED) is 0.847. The molecule has 2 heterocycles. The molecule has 3 N–H and O–H groups in total. The van der Waals surface area contributed by atoms with Gasteiger partial charge in [0.2, 0.25) is 0 Å². The smallest absolute Gasteiger partial charge is 0.159 e. The first kappa shape index (κ1) is 13.8. The molecule has 108 valence electrons. The maximum absolute atomic E-state index is 5.85. The molecule has 1 aliphatic rings. The van der Waals surface area contributed by atoms with Crippen LogP contribution in [-0.2, 0) is 0 Å². The first-order chi connectivity index (χ1) is 10.1. The van der Waals surface area contributed by atoms with Crippen molar-refractivity contribution in [3.63, 3.8) is 0 Å². The van der Waals surface area contributed by atoms with E-state index in [4.69, 9.17) is 22.7 Å². The molecule has 21 heavy (non-hydrogen) atoms. The number of nitrogens with two attached hydrogens (primary N) is 1.